The van der Waals surface area contributed by atoms with Gasteiger partial charge in [-0.2, -0.15) is 0 Å². The maximum atomic E-state index is 11.8. The predicted octanol–water partition coefficient (Wildman–Crippen LogP) is 3.43. The van der Waals surface area contributed by atoms with Gasteiger partial charge in [-0.05, 0) is 56.7 Å². The van der Waals surface area contributed by atoms with E-state index in [0.29, 0.717) is 11.5 Å². The van der Waals surface area contributed by atoms with Crippen LogP contribution in [-0.4, -0.2) is 22.1 Å². The maximum absolute atomic E-state index is 11.8. The van der Waals surface area contributed by atoms with Gasteiger partial charge in [-0.15, -0.1) is 10.2 Å². The van der Waals surface area contributed by atoms with E-state index in [1.807, 2.05) is 39.0 Å². The lowest BCUT2D eigenvalue weighted by molar-refractivity contribution is 0.0937. The fourth-order valence-corrected chi connectivity index (χ4v) is 1.97. The normalized spacial score (nSPS) is 10.5. The lowest BCUT2D eigenvalue weighted by Gasteiger charge is -2.09. The second-order valence-electron chi connectivity index (χ2n) is 5.02. The monoisotopic (exact) mass is 348 g/mol. The van der Waals surface area contributed by atoms with Gasteiger partial charge in [0.05, 0.1) is 0 Å². The van der Waals surface area contributed by atoms with Crippen molar-refractivity contribution in [2.75, 3.05) is 5.32 Å². The van der Waals surface area contributed by atoms with Crippen molar-refractivity contribution >= 4 is 33.3 Å². The minimum Gasteiger partial charge on any atom is -0.348 e. The largest absolute Gasteiger partial charge is 0.348 e. The average molecular weight is 349 g/mol. The number of hydrogen-bond donors (Lipinski definition) is 2. The zero-order chi connectivity index (χ0) is 15.4. The molecule has 1 aromatic heterocycles. The Hall–Kier alpha value is -1.95. The Labute approximate surface area is 132 Å². The van der Waals surface area contributed by atoms with E-state index >= 15 is 0 Å². The number of aryl methyl sites for hydroxylation is 1. The Balaban J connectivity index is 2.08. The van der Waals surface area contributed by atoms with Crippen molar-refractivity contribution in [3.05, 3.63) is 46.1 Å². The molecule has 0 aliphatic carbocycles. The maximum Gasteiger partial charge on any atom is 0.271 e. The van der Waals surface area contributed by atoms with E-state index in [0.717, 1.165) is 15.7 Å². The van der Waals surface area contributed by atoms with Crippen LogP contribution < -0.4 is 10.6 Å². The summed E-state index contributed by atoms with van der Waals surface area (Å²) in [5.41, 5.74) is 2.35. The summed E-state index contributed by atoms with van der Waals surface area (Å²) in [5, 5.41) is 13.9. The van der Waals surface area contributed by atoms with Crippen molar-refractivity contribution in [1.29, 1.82) is 0 Å². The molecule has 110 valence electrons. The van der Waals surface area contributed by atoms with Crippen molar-refractivity contribution in [2.24, 2.45) is 0 Å². The van der Waals surface area contributed by atoms with Gasteiger partial charge in [0.15, 0.2) is 11.5 Å². The summed E-state index contributed by atoms with van der Waals surface area (Å²) in [4.78, 5) is 11.8. The number of anilines is 2. The first kappa shape index (κ1) is 15.4. The molecule has 2 rings (SSSR count). The molecule has 0 saturated heterocycles. The third-order valence-corrected chi connectivity index (χ3v) is 3.64. The minimum absolute atomic E-state index is 0.0721. The van der Waals surface area contributed by atoms with Crippen LogP contribution in [0.1, 0.15) is 29.9 Å². The van der Waals surface area contributed by atoms with Gasteiger partial charge in [-0.1, -0.05) is 15.9 Å². The molecule has 0 bridgehead atoms. The summed E-state index contributed by atoms with van der Waals surface area (Å²) in [7, 11) is 0. The molecule has 0 spiro atoms. The van der Waals surface area contributed by atoms with Crippen molar-refractivity contribution in [3.63, 3.8) is 0 Å². The Morgan fingerprint density at radius 1 is 1.19 bits per heavy atom. The predicted molar refractivity (Wildman–Crippen MR) is 86.8 cm³/mol. The van der Waals surface area contributed by atoms with Crippen LogP contribution in [0.25, 0.3) is 0 Å². The second kappa shape index (κ2) is 6.67. The number of nitrogens with zero attached hydrogens (tertiary/aromatic N) is 2. The smallest absolute Gasteiger partial charge is 0.271 e. The summed E-state index contributed by atoms with van der Waals surface area (Å²) in [6.45, 7) is 5.81. The number of benzene rings is 1. The number of amides is 1. The molecule has 1 aromatic carbocycles. The Bertz CT molecular complexity index is 641. The third-order valence-electron chi connectivity index (χ3n) is 2.75. The lowest BCUT2D eigenvalue weighted by Crippen LogP contribution is -2.30. The first-order valence-corrected chi connectivity index (χ1v) is 7.43. The van der Waals surface area contributed by atoms with Crippen molar-refractivity contribution in [3.8, 4) is 0 Å². The number of carbonyl (C=O) groups excluding carboxylic acids is 1. The highest BCUT2D eigenvalue weighted by atomic mass is 79.9. The fourth-order valence-electron chi connectivity index (χ4n) is 1.73. The van der Waals surface area contributed by atoms with Gasteiger partial charge in [-0.25, -0.2) is 0 Å². The van der Waals surface area contributed by atoms with E-state index in [1.165, 1.54) is 0 Å². The minimum atomic E-state index is -0.219. The van der Waals surface area contributed by atoms with Crippen LogP contribution in [-0.2, 0) is 0 Å². The molecule has 0 saturated carbocycles. The third kappa shape index (κ3) is 4.26. The number of carbonyl (C=O) groups is 1. The summed E-state index contributed by atoms with van der Waals surface area (Å²) < 4.78 is 1.06. The van der Waals surface area contributed by atoms with Crippen molar-refractivity contribution in [1.82, 2.24) is 15.5 Å². The fraction of sp³-hybridized carbons (Fsp3) is 0.267. The van der Waals surface area contributed by atoms with Gasteiger partial charge < -0.3 is 10.6 Å². The Kier molecular flexibility index (Phi) is 4.90. The number of aromatic nitrogens is 2. The van der Waals surface area contributed by atoms with E-state index in [1.54, 1.807) is 12.1 Å². The Morgan fingerprint density at radius 3 is 2.52 bits per heavy atom. The number of hydrogen-bond acceptors (Lipinski definition) is 4. The number of nitrogens with one attached hydrogen (secondary N) is 2. The molecule has 5 nitrogen and oxygen atoms in total. The van der Waals surface area contributed by atoms with E-state index in [4.69, 9.17) is 0 Å². The van der Waals surface area contributed by atoms with E-state index in [2.05, 4.69) is 36.8 Å². The van der Waals surface area contributed by atoms with Gasteiger partial charge in [0.1, 0.15) is 0 Å². The SMILES string of the molecule is Cc1cc(Nc2ccc(C(=O)NC(C)C)nn2)ccc1Br. The highest BCUT2D eigenvalue weighted by Gasteiger charge is 2.09. The van der Waals surface area contributed by atoms with E-state index < -0.39 is 0 Å². The highest BCUT2D eigenvalue weighted by molar-refractivity contribution is 9.10. The molecule has 0 atom stereocenters. The quantitative estimate of drug-likeness (QED) is 0.888. The molecule has 0 unspecified atom stereocenters. The molecule has 1 heterocycles. The van der Waals surface area contributed by atoms with Gasteiger partial charge in [0.2, 0.25) is 0 Å². The van der Waals surface area contributed by atoms with Gasteiger partial charge in [-0.3, -0.25) is 4.79 Å². The van der Waals surface area contributed by atoms with Crippen molar-refractivity contribution < 1.29 is 4.79 Å². The molecule has 2 aromatic rings. The van der Waals surface area contributed by atoms with Gasteiger partial charge in [0.25, 0.3) is 5.91 Å². The van der Waals surface area contributed by atoms with Crippen LogP contribution in [0, 0.1) is 6.92 Å². The van der Waals surface area contributed by atoms with Crippen LogP contribution in [0.2, 0.25) is 0 Å². The number of halogens is 1. The van der Waals surface area contributed by atoms with Crippen LogP contribution in [0.4, 0.5) is 11.5 Å². The summed E-state index contributed by atoms with van der Waals surface area (Å²) in [5.74, 6) is 0.376. The first-order valence-electron chi connectivity index (χ1n) is 6.63. The number of rotatable bonds is 4. The van der Waals surface area contributed by atoms with Crippen LogP contribution >= 0.6 is 15.9 Å². The Morgan fingerprint density at radius 2 is 1.95 bits per heavy atom. The van der Waals surface area contributed by atoms with Crippen LogP contribution in [0.3, 0.4) is 0 Å². The molecule has 0 radical (unpaired) electrons. The van der Waals surface area contributed by atoms with Crippen LogP contribution in [0.15, 0.2) is 34.8 Å². The molecular formula is C15H17BrN4O. The standard InChI is InChI=1S/C15H17BrN4O/c1-9(2)17-15(21)13-6-7-14(20-19-13)18-11-4-5-12(16)10(3)8-11/h4-9H,1-3H3,(H,17,21)(H,18,20). The van der Waals surface area contributed by atoms with Crippen molar-refractivity contribution in [2.45, 2.75) is 26.8 Å². The summed E-state index contributed by atoms with van der Waals surface area (Å²) in [6, 6.07) is 9.37. The molecule has 21 heavy (non-hydrogen) atoms. The molecule has 6 heteroatoms. The zero-order valence-electron chi connectivity index (χ0n) is 12.1. The van der Waals surface area contributed by atoms with E-state index in [9.17, 15) is 4.79 Å². The zero-order valence-corrected chi connectivity index (χ0v) is 13.7. The molecule has 0 aliphatic heterocycles. The second-order valence-corrected chi connectivity index (χ2v) is 5.88. The molecular weight excluding hydrogens is 332 g/mol. The van der Waals surface area contributed by atoms with Gasteiger partial charge >= 0.3 is 0 Å². The average Bonchev–Trinajstić information content (AvgIpc) is 2.43. The van der Waals surface area contributed by atoms with Gasteiger partial charge in [0, 0.05) is 16.2 Å². The lowest BCUT2D eigenvalue weighted by atomic mass is 10.2. The first-order chi connectivity index (χ1) is 9.95. The van der Waals surface area contributed by atoms with Crippen LogP contribution in [0.5, 0.6) is 0 Å². The molecule has 0 aliphatic rings. The summed E-state index contributed by atoms with van der Waals surface area (Å²) in [6.07, 6.45) is 0. The van der Waals surface area contributed by atoms with E-state index in [-0.39, 0.29) is 11.9 Å². The highest BCUT2D eigenvalue weighted by Crippen LogP contribution is 2.22. The summed E-state index contributed by atoms with van der Waals surface area (Å²) >= 11 is 3.46. The molecule has 0 fully saturated rings. The molecule has 2 N–H and O–H groups in total. The topological polar surface area (TPSA) is 66.9 Å². The molecule has 1 amide bonds.